The quantitative estimate of drug-likeness (QED) is 0.444. The Balaban J connectivity index is 2.01. The Kier molecular flexibility index (Phi) is 4.50. The van der Waals surface area contributed by atoms with Crippen molar-refractivity contribution in [1.29, 1.82) is 0 Å². The van der Waals surface area contributed by atoms with Crippen LogP contribution in [0.3, 0.4) is 0 Å². The SMILES string of the molecule is O=CC=C1C=C(c2ccccc2)[Te]C(c2ccccc2)=C1. The van der Waals surface area contributed by atoms with Gasteiger partial charge in [-0.15, -0.1) is 0 Å². The molecule has 2 heteroatoms. The summed E-state index contributed by atoms with van der Waals surface area (Å²) in [6, 6.07) is 20.9. The summed E-state index contributed by atoms with van der Waals surface area (Å²) in [5.74, 6) is 0. The molecular formula is C19H14OTe. The van der Waals surface area contributed by atoms with E-state index in [9.17, 15) is 4.79 Å². The van der Waals surface area contributed by atoms with Gasteiger partial charge < -0.3 is 0 Å². The molecule has 0 amide bonds. The van der Waals surface area contributed by atoms with Crippen LogP contribution in [0.25, 0.3) is 7.24 Å². The zero-order chi connectivity index (χ0) is 14.5. The Morgan fingerprint density at radius 3 is 1.62 bits per heavy atom. The Labute approximate surface area is 134 Å². The van der Waals surface area contributed by atoms with Crippen molar-refractivity contribution in [3.63, 3.8) is 0 Å². The molecule has 21 heavy (non-hydrogen) atoms. The number of hydrogen-bond acceptors (Lipinski definition) is 1. The van der Waals surface area contributed by atoms with E-state index < -0.39 is 20.9 Å². The molecule has 2 aromatic rings. The molecule has 0 radical (unpaired) electrons. The number of allylic oxidation sites excluding steroid dienone is 4. The van der Waals surface area contributed by atoms with Crippen LogP contribution < -0.4 is 0 Å². The van der Waals surface area contributed by atoms with Gasteiger partial charge in [-0.25, -0.2) is 0 Å². The molecule has 1 heterocycles. The maximum absolute atomic E-state index is 10.8. The summed E-state index contributed by atoms with van der Waals surface area (Å²) in [4.78, 5) is 10.8. The zero-order valence-electron chi connectivity index (χ0n) is 11.4. The van der Waals surface area contributed by atoms with Gasteiger partial charge in [0.2, 0.25) is 0 Å². The standard InChI is InChI=1S/C19H14OTe/c20-12-11-15-13-18(16-7-3-1-4-8-16)21-19(14-15)17-9-5-2-6-10-17/h1-14H. The molecule has 1 aliphatic rings. The third-order valence-corrected chi connectivity index (χ3v) is 6.47. The number of carbonyl (C=O) groups excluding carboxylic acids is 1. The molecule has 0 fully saturated rings. The van der Waals surface area contributed by atoms with Crippen LogP contribution in [0.2, 0.25) is 0 Å². The molecule has 0 N–H and O–H groups in total. The number of benzene rings is 2. The summed E-state index contributed by atoms with van der Waals surface area (Å²) in [7, 11) is 0. The van der Waals surface area contributed by atoms with Crippen molar-refractivity contribution in [2.24, 2.45) is 0 Å². The molecule has 102 valence electrons. The second-order valence-corrected chi connectivity index (χ2v) is 7.75. The predicted octanol–water partition coefficient (Wildman–Crippen LogP) is 3.91. The van der Waals surface area contributed by atoms with Gasteiger partial charge in [0.05, 0.1) is 0 Å². The number of aldehydes is 1. The number of hydrogen-bond donors (Lipinski definition) is 0. The fraction of sp³-hybridized carbons (Fsp3) is 0. The van der Waals surface area contributed by atoms with Gasteiger partial charge in [0.1, 0.15) is 0 Å². The van der Waals surface area contributed by atoms with Crippen LogP contribution in [-0.2, 0) is 4.79 Å². The normalized spacial score (nSPS) is 14.2. The third-order valence-electron chi connectivity index (χ3n) is 3.19. The predicted molar refractivity (Wildman–Crippen MR) is 88.7 cm³/mol. The molecule has 1 nitrogen and oxygen atoms in total. The topological polar surface area (TPSA) is 17.1 Å². The van der Waals surface area contributed by atoms with E-state index in [0.29, 0.717) is 0 Å². The summed E-state index contributed by atoms with van der Waals surface area (Å²) in [5.41, 5.74) is 3.51. The summed E-state index contributed by atoms with van der Waals surface area (Å²) in [6.45, 7) is 0. The molecule has 0 unspecified atom stereocenters. The van der Waals surface area contributed by atoms with E-state index in [0.717, 1.165) is 11.9 Å². The first kappa shape index (κ1) is 14.1. The van der Waals surface area contributed by atoms with E-state index >= 15 is 0 Å². The molecule has 2 aromatic carbocycles. The van der Waals surface area contributed by atoms with E-state index in [2.05, 4.69) is 60.7 Å². The van der Waals surface area contributed by atoms with E-state index in [1.165, 1.54) is 18.4 Å². The van der Waals surface area contributed by atoms with E-state index in [1.54, 1.807) is 6.08 Å². The molecule has 0 atom stereocenters. The van der Waals surface area contributed by atoms with Crippen molar-refractivity contribution in [3.8, 4) is 0 Å². The van der Waals surface area contributed by atoms with Gasteiger partial charge in [0.25, 0.3) is 0 Å². The van der Waals surface area contributed by atoms with E-state index in [-0.39, 0.29) is 0 Å². The van der Waals surface area contributed by atoms with Crippen LogP contribution in [0.1, 0.15) is 11.1 Å². The van der Waals surface area contributed by atoms with Crippen molar-refractivity contribution in [1.82, 2.24) is 0 Å². The van der Waals surface area contributed by atoms with Crippen molar-refractivity contribution in [2.45, 2.75) is 0 Å². The van der Waals surface area contributed by atoms with Gasteiger partial charge in [0, 0.05) is 0 Å². The second kappa shape index (κ2) is 6.72. The first-order valence-corrected chi connectivity index (χ1v) is 9.07. The van der Waals surface area contributed by atoms with Crippen molar-refractivity contribution >= 4 is 34.5 Å². The van der Waals surface area contributed by atoms with Gasteiger partial charge in [-0.3, -0.25) is 0 Å². The van der Waals surface area contributed by atoms with Crippen LogP contribution >= 0.6 is 0 Å². The molecule has 0 aliphatic carbocycles. The van der Waals surface area contributed by atoms with Gasteiger partial charge in [-0.05, 0) is 0 Å². The fourth-order valence-electron chi connectivity index (χ4n) is 2.19. The van der Waals surface area contributed by atoms with Gasteiger partial charge in [-0.1, -0.05) is 0 Å². The zero-order valence-corrected chi connectivity index (χ0v) is 13.7. The van der Waals surface area contributed by atoms with E-state index in [4.69, 9.17) is 0 Å². The Morgan fingerprint density at radius 1 is 0.714 bits per heavy atom. The molecule has 1 aliphatic heterocycles. The summed E-state index contributed by atoms with van der Waals surface area (Å²) < 4.78 is 2.74. The minimum atomic E-state index is -0.452. The maximum atomic E-state index is 10.8. The Bertz CT molecular complexity index is 667. The average Bonchev–Trinajstić information content (AvgIpc) is 2.56. The Hall–Kier alpha value is -1.88. The first-order valence-electron chi connectivity index (χ1n) is 6.74. The molecule has 0 saturated carbocycles. The third kappa shape index (κ3) is 3.42. The molecule has 0 spiro atoms. The van der Waals surface area contributed by atoms with E-state index in [1.807, 2.05) is 12.1 Å². The van der Waals surface area contributed by atoms with Crippen LogP contribution in [0.5, 0.6) is 0 Å². The second-order valence-electron chi connectivity index (χ2n) is 4.65. The fourth-order valence-corrected chi connectivity index (χ4v) is 5.42. The van der Waals surface area contributed by atoms with Crippen molar-refractivity contribution in [2.75, 3.05) is 0 Å². The summed E-state index contributed by atoms with van der Waals surface area (Å²) in [5, 5.41) is 0. The molecule has 0 bridgehead atoms. The van der Waals surface area contributed by atoms with Crippen LogP contribution in [0.15, 0.2) is 84.5 Å². The summed E-state index contributed by atoms with van der Waals surface area (Å²) in [6.07, 6.45) is 6.80. The van der Waals surface area contributed by atoms with Crippen molar-refractivity contribution in [3.05, 3.63) is 95.6 Å². The van der Waals surface area contributed by atoms with Gasteiger partial charge in [-0.2, -0.15) is 0 Å². The molecule has 0 aromatic heterocycles. The van der Waals surface area contributed by atoms with Crippen molar-refractivity contribution < 1.29 is 4.79 Å². The summed E-state index contributed by atoms with van der Waals surface area (Å²) >= 11 is -0.452. The molecular weight excluding hydrogens is 372 g/mol. The first-order chi connectivity index (χ1) is 10.4. The number of rotatable bonds is 3. The average molecular weight is 386 g/mol. The number of carbonyl (C=O) groups is 1. The van der Waals surface area contributed by atoms with Crippen LogP contribution in [0.4, 0.5) is 0 Å². The van der Waals surface area contributed by atoms with Gasteiger partial charge in [0.15, 0.2) is 0 Å². The van der Waals surface area contributed by atoms with Crippen LogP contribution in [-0.4, -0.2) is 27.2 Å². The molecule has 0 saturated heterocycles. The minimum absolute atomic E-state index is 0.452. The Morgan fingerprint density at radius 2 is 1.19 bits per heavy atom. The monoisotopic (exact) mass is 388 g/mol. The van der Waals surface area contributed by atoms with Gasteiger partial charge >= 0.3 is 135 Å². The molecule has 3 rings (SSSR count). The van der Waals surface area contributed by atoms with Crippen LogP contribution in [0, 0.1) is 0 Å².